The number of carbonyl (C=O) groups is 2. The van der Waals surface area contributed by atoms with Crippen molar-refractivity contribution in [1.82, 2.24) is 9.80 Å². The molecule has 1 amide bonds. The third kappa shape index (κ3) is 9.42. The lowest BCUT2D eigenvalue weighted by atomic mass is 10.0. The normalized spacial score (nSPS) is 13.7. The highest BCUT2D eigenvalue weighted by Gasteiger charge is 2.23. The molecule has 0 spiro atoms. The van der Waals surface area contributed by atoms with Gasteiger partial charge in [-0.25, -0.2) is 4.39 Å². The number of benzene rings is 3. The van der Waals surface area contributed by atoms with Gasteiger partial charge in [-0.3, -0.25) is 14.5 Å². The molecule has 0 unspecified atom stereocenters. The van der Waals surface area contributed by atoms with Crippen LogP contribution in [0.3, 0.4) is 0 Å². The molecule has 0 aliphatic carbocycles. The van der Waals surface area contributed by atoms with Gasteiger partial charge in [-0.1, -0.05) is 81.5 Å². The minimum atomic E-state index is -0.243. The number of nitrogens with zero attached hydrogens (tertiary/aromatic N) is 2. The number of ether oxygens (including phenoxy) is 2. The molecule has 1 aliphatic heterocycles. The fourth-order valence-electron chi connectivity index (χ4n) is 4.95. The second-order valence-electron chi connectivity index (χ2n) is 10.5. The van der Waals surface area contributed by atoms with E-state index in [-0.39, 0.29) is 24.1 Å². The Kier molecular flexibility index (Phi) is 11.7. The molecule has 0 saturated carbocycles. The first-order valence-electron chi connectivity index (χ1n) is 14.8. The fourth-order valence-corrected chi connectivity index (χ4v) is 4.95. The first-order valence-corrected chi connectivity index (χ1v) is 14.8. The van der Waals surface area contributed by atoms with Crippen molar-refractivity contribution in [2.45, 2.75) is 52.0 Å². The number of ketones is 1. The Morgan fingerprint density at radius 2 is 1.51 bits per heavy atom. The molecule has 1 heterocycles. The Labute approximate surface area is 243 Å². The molecule has 6 nitrogen and oxygen atoms in total. The summed E-state index contributed by atoms with van der Waals surface area (Å²) in [5.74, 6) is 0.447. The Hall–Kier alpha value is -3.71. The largest absolute Gasteiger partial charge is 0.493 e. The number of unbranched alkanes of at least 4 members (excludes halogenated alkanes) is 5. The van der Waals surface area contributed by atoms with Crippen molar-refractivity contribution in [2.75, 3.05) is 39.4 Å². The van der Waals surface area contributed by atoms with E-state index in [9.17, 15) is 14.0 Å². The molecular formula is C34H41FN2O4. The second-order valence-corrected chi connectivity index (χ2v) is 10.5. The van der Waals surface area contributed by atoms with Crippen LogP contribution in [0.15, 0.2) is 72.8 Å². The van der Waals surface area contributed by atoms with Crippen molar-refractivity contribution in [3.63, 3.8) is 0 Å². The van der Waals surface area contributed by atoms with E-state index in [1.54, 1.807) is 47.4 Å². The number of piperazine rings is 1. The van der Waals surface area contributed by atoms with E-state index in [1.165, 1.54) is 37.8 Å². The number of amides is 1. The third-order valence-electron chi connectivity index (χ3n) is 7.40. The van der Waals surface area contributed by atoms with Crippen LogP contribution in [0.2, 0.25) is 0 Å². The van der Waals surface area contributed by atoms with Gasteiger partial charge >= 0.3 is 0 Å². The van der Waals surface area contributed by atoms with Crippen molar-refractivity contribution in [3.05, 3.63) is 95.3 Å². The first-order chi connectivity index (χ1) is 20.0. The summed E-state index contributed by atoms with van der Waals surface area (Å²) in [6.07, 6.45) is 7.04. The van der Waals surface area contributed by atoms with Crippen LogP contribution in [-0.4, -0.2) is 60.9 Å². The molecule has 0 aromatic heterocycles. The summed E-state index contributed by atoms with van der Waals surface area (Å²) in [7, 11) is 0. The zero-order chi connectivity index (χ0) is 28.9. The molecule has 3 aromatic rings. The lowest BCUT2D eigenvalue weighted by molar-refractivity contribution is -0.135. The zero-order valence-corrected chi connectivity index (χ0v) is 24.0. The molecule has 0 bridgehead atoms. The van der Waals surface area contributed by atoms with E-state index in [0.717, 1.165) is 38.0 Å². The number of hydrogen-bond donors (Lipinski definition) is 0. The number of rotatable bonds is 15. The predicted octanol–water partition coefficient (Wildman–Crippen LogP) is 6.52. The summed E-state index contributed by atoms with van der Waals surface area (Å²) in [6.45, 7) is 5.98. The van der Waals surface area contributed by atoms with E-state index < -0.39 is 0 Å². The SMILES string of the molecule is CCCCCCCCOc1ccc(C(=O)c2ccccc2)c(OCC(=O)N2CCN(Cc3ccc(F)cc3)CC2)c1. The van der Waals surface area contributed by atoms with E-state index in [4.69, 9.17) is 9.47 Å². The maximum Gasteiger partial charge on any atom is 0.260 e. The van der Waals surface area contributed by atoms with E-state index >= 15 is 0 Å². The second kappa shape index (κ2) is 15.9. The predicted molar refractivity (Wildman–Crippen MR) is 159 cm³/mol. The van der Waals surface area contributed by atoms with Crippen LogP contribution in [0, 0.1) is 5.82 Å². The molecule has 1 aliphatic rings. The summed E-state index contributed by atoms with van der Waals surface area (Å²) in [5.41, 5.74) is 2.01. The Bertz CT molecular complexity index is 1240. The molecular weight excluding hydrogens is 519 g/mol. The van der Waals surface area contributed by atoms with E-state index in [2.05, 4.69) is 11.8 Å². The maximum absolute atomic E-state index is 13.3. The summed E-state index contributed by atoms with van der Waals surface area (Å²) < 4.78 is 25.2. The van der Waals surface area contributed by atoms with Gasteiger partial charge in [-0.05, 0) is 36.2 Å². The maximum atomic E-state index is 13.3. The van der Waals surface area contributed by atoms with Crippen molar-refractivity contribution >= 4 is 11.7 Å². The van der Waals surface area contributed by atoms with Gasteiger partial charge in [0.15, 0.2) is 12.4 Å². The molecule has 218 valence electrons. The van der Waals surface area contributed by atoms with Crippen LogP contribution < -0.4 is 9.47 Å². The van der Waals surface area contributed by atoms with Crippen LogP contribution in [0.1, 0.15) is 66.9 Å². The number of hydrogen-bond acceptors (Lipinski definition) is 5. The van der Waals surface area contributed by atoms with Gasteiger partial charge in [0.1, 0.15) is 17.3 Å². The molecule has 1 saturated heterocycles. The molecule has 0 radical (unpaired) electrons. The highest BCUT2D eigenvalue weighted by molar-refractivity contribution is 6.10. The van der Waals surface area contributed by atoms with Crippen LogP contribution in [0.4, 0.5) is 4.39 Å². The molecule has 3 aromatic carbocycles. The Morgan fingerprint density at radius 1 is 0.805 bits per heavy atom. The van der Waals surface area contributed by atoms with E-state index in [1.807, 2.05) is 18.2 Å². The molecule has 7 heteroatoms. The van der Waals surface area contributed by atoms with Crippen molar-refractivity contribution in [1.29, 1.82) is 0 Å². The quantitative estimate of drug-likeness (QED) is 0.157. The highest BCUT2D eigenvalue weighted by atomic mass is 19.1. The van der Waals surface area contributed by atoms with Gasteiger partial charge in [0.2, 0.25) is 0 Å². The summed E-state index contributed by atoms with van der Waals surface area (Å²) >= 11 is 0. The van der Waals surface area contributed by atoms with Gasteiger partial charge < -0.3 is 14.4 Å². The minimum Gasteiger partial charge on any atom is -0.493 e. The Morgan fingerprint density at radius 3 is 2.24 bits per heavy atom. The lowest BCUT2D eigenvalue weighted by Crippen LogP contribution is -2.49. The van der Waals surface area contributed by atoms with Crippen molar-refractivity contribution < 1.29 is 23.5 Å². The monoisotopic (exact) mass is 560 g/mol. The molecule has 1 fully saturated rings. The van der Waals surface area contributed by atoms with Crippen molar-refractivity contribution in [2.24, 2.45) is 0 Å². The van der Waals surface area contributed by atoms with Gasteiger partial charge in [-0.15, -0.1) is 0 Å². The van der Waals surface area contributed by atoms with Crippen LogP contribution in [0.5, 0.6) is 11.5 Å². The average Bonchev–Trinajstić information content (AvgIpc) is 3.01. The average molecular weight is 561 g/mol. The molecule has 0 N–H and O–H groups in total. The summed E-state index contributed by atoms with van der Waals surface area (Å²) in [6, 6.07) is 20.8. The van der Waals surface area contributed by atoms with Gasteiger partial charge in [0.05, 0.1) is 12.2 Å². The highest BCUT2D eigenvalue weighted by Crippen LogP contribution is 2.28. The zero-order valence-electron chi connectivity index (χ0n) is 24.0. The minimum absolute atomic E-state index is 0.122. The Balaban J connectivity index is 1.33. The van der Waals surface area contributed by atoms with Gasteiger partial charge in [-0.2, -0.15) is 0 Å². The van der Waals surface area contributed by atoms with Gasteiger partial charge in [0.25, 0.3) is 5.91 Å². The van der Waals surface area contributed by atoms with Crippen LogP contribution in [-0.2, 0) is 11.3 Å². The molecule has 4 rings (SSSR count). The lowest BCUT2D eigenvalue weighted by Gasteiger charge is -2.34. The van der Waals surface area contributed by atoms with E-state index in [0.29, 0.717) is 42.3 Å². The molecule has 41 heavy (non-hydrogen) atoms. The number of halogens is 1. The summed E-state index contributed by atoms with van der Waals surface area (Å²) in [5, 5.41) is 0. The smallest absolute Gasteiger partial charge is 0.260 e. The number of carbonyl (C=O) groups excluding carboxylic acids is 2. The van der Waals surface area contributed by atoms with Crippen molar-refractivity contribution in [3.8, 4) is 11.5 Å². The first kappa shape index (κ1) is 30.3. The molecule has 0 atom stereocenters. The van der Waals surface area contributed by atoms with Gasteiger partial charge in [0, 0.05) is 44.4 Å². The standard InChI is InChI=1S/C34H41FN2O4/c1-2-3-4-5-6-10-23-40-30-17-18-31(34(39)28-11-8-7-9-12-28)32(24-30)41-26-33(38)37-21-19-36(20-22-37)25-27-13-15-29(35)16-14-27/h7-9,11-18,24H,2-6,10,19-23,25-26H2,1H3. The van der Waals surface area contributed by atoms with Crippen LogP contribution in [0.25, 0.3) is 0 Å². The topological polar surface area (TPSA) is 59.1 Å². The summed E-state index contributed by atoms with van der Waals surface area (Å²) in [4.78, 5) is 30.4. The third-order valence-corrected chi connectivity index (χ3v) is 7.40. The van der Waals surface area contributed by atoms with Crippen LogP contribution >= 0.6 is 0 Å². The fraction of sp³-hybridized carbons (Fsp3) is 0.412.